The Kier molecular flexibility index (Phi) is 6.68. The van der Waals surface area contributed by atoms with E-state index >= 15 is 4.39 Å². The number of benzene rings is 1. The number of nitrogens with two attached hydrogens (primary N) is 2. The smallest absolute Gasteiger partial charge is 0.320 e. The van der Waals surface area contributed by atoms with Gasteiger partial charge in [-0.25, -0.2) is 9.07 Å². The van der Waals surface area contributed by atoms with Crippen molar-refractivity contribution >= 4 is 23.3 Å². The molecule has 2 aliphatic carbocycles. The predicted molar refractivity (Wildman–Crippen MR) is 128 cm³/mol. The molecule has 5 N–H and O–H groups in total. The van der Waals surface area contributed by atoms with Crippen molar-refractivity contribution in [3.8, 4) is 5.69 Å². The van der Waals surface area contributed by atoms with E-state index in [4.69, 9.17) is 16.2 Å². The molecule has 35 heavy (non-hydrogen) atoms. The normalized spacial score (nSPS) is 21.3. The molecule has 4 rings (SSSR count). The molecule has 0 aliphatic heterocycles. The summed E-state index contributed by atoms with van der Waals surface area (Å²) in [4.78, 5) is 36.8. The lowest BCUT2D eigenvalue weighted by Crippen LogP contribution is -2.41. The topological polar surface area (TPSA) is 142 Å². The molecule has 1 aromatic heterocycles. The van der Waals surface area contributed by atoms with Crippen LogP contribution in [0.3, 0.4) is 0 Å². The Morgan fingerprint density at radius 2 is 1.97 bits per heavy atom. The number of halogens is 1. The van der Waals surface area contributed by atoms with Crippen molar-refractivity contribution < 1.29 is 23.5 Å². The summed E-state index contributed by atoms with van der Waals surface area (Å²) >= 11 is 0. The number of nitrogens with one attached hydrogen (secondary N) is 1. The number of nitrogens with zero attached hydrogens (tertiary/aromatic N) is 2. The highest BCUT2D eigenvalue weighted by atomic mass is 19.1. The lowest BCUT2D eigenvalue weighted by atomic mass is 9.75. The number of hydrogen-bond acceptors (Lipinski definition) is 7. The first-order valence-corrected chi connectivity index (χ1v) is 11.9. The molecular weight excluding hydrogens is 453 g/mol. The van der Waals surface area contributed by atoms with Gasteiger partial charge in [-0.2, -0.15) is 5.10 Å². The van der Waals surface area contributed by atoms with Crippen molar-refractivity contribution in [2.75, 3.05) is 11.9 Å². The minimum atomic E-state index is -0.919. The van der Waals surface area contributed by atoms with Gasteiger partial charge in [0.05, 0.1) is 46.5 Å². The highest BCUT2D eigenvalue weighted by Gasteiger charge is 2.36. The number of carbonyl (C=O) groups is 3. The number of anilines is 1. The van der Waals surface area contributed by atoms with Crippen molar-refractivity contribution in [3.63, 3.8) is 0 Å². The van der Waals surface area contributed by atoms with Gasteiger partial charge in [0.1, 0.15) is 11.9 Å². The van der Waals surface area contributed by atoms with Crippen LogP contribution in [0.5, 0.6) is 0 Å². The monoisotopic (exact) mass is 485 g/mol. The van der Waals surface area contributed by atoms with Crippen molar-refractivity contribution in [3.05, 3.63) is 40.5 Å². The molecule has 9 nitrogen and oxygen atoms in total. The maximum absolute atomic E-state index is 15.3. The third-order valence-electron chi connectivity index (χ3n) is 6.78. The van der Waals surface area contributed by atoms with Gasteiger partial charge in [-0.05, 0) is 44.1 Å². The van der Waals surface area contributed by atoms with Gasteiger partial charge in [-0.3, -0.25) is 14.4 Å². The number of rotatable bonds is 6. The average Bonchev–Trinajstić information content (AvgIpc) is 3.09. The van der Waals surface area contributed by atoms with E-state index in [1.165, 1.54) is 6.07 Å². The summed E-state index contributed by atoms with van der Waals surface area (Å²) in [5.74, 6) is -2.23. The van der Waals surface area contributed by atoms with Crippen LogP contribution in [0, 0.1) is 18.2 Å². The second-order valence-corrected chi connectivity index (χ2v) is 10.2. The number of aromatic nitrogens is 2. The number of aryl methyl sites for hydroxylation is 1. The molecule has 1 saturated carbocycles. The fourth-order valence-corrected chi connectivity index (χ4v) is 5.25. The van der Waals surface area contributed by atoms with Gasteiger partial charge < -0.3 is 21.5 Å². The highest BCUT2D eigenvalue weighted by molar-refractivity contribution is 6.00. The van der Waals surface area contributed by atoms with Crippen molar-refractivity contribution in [1.29, 1.82) is 0 Å². The fraction of sp³-hybridized carbons (Fsp3) is 0.520. The number of amides is 1. The van der Waals surface area contributed by atoms with Crippen LogP contribution in [0.2, 0.25) is 0 Å². The summed E-state index contributed by atoms with van der Waals surface area (Å²) in [6.07, 6.45) is 3.58. The summed E-state index contributed by atoms with van der Waals surface area (Å²) in [6, 6.07) is 2.47. The minimum absolute atomic E-state index is 0.0133. The van der Waals surface area contributed by atoms with Gasteiger partial charge in [0, 0.05) is 12.5 Å². The molecule has 0 bridgehead atoms. The van der Waals surface area contributed by atoms with Gasteiger partial charge in [0.25, 0.3) is 5.91 Å². The molecule has 2 aromatic rings. The molecule has 0 spiro atoms. The molecule has 1 aromatic carbocycles. The average molecular weight is 486 g/mol. The lowest BCUT2D eigenvalue weighted by molar-refractivity contribution is -0.149. The largest absolute Gasteiger partial charge is 0.459 e. The summed E-state index contributed by atoms with van der Waals surface area (Å²) in [5.41, 5.74) is 12.8. The lowest BCUT2D eigenvalue weighted by Gasteiger charge is -2.33. The Hall–Kier alpha value is -3.27. The van der Waals surface area contributed by atoms with E-state index in [0.29, 0.717) is 48.3 Å². The van der Waals surface area contributed by atoms with E-state index in [0.717, 1.165) is 12.8 Å². The third-order valence-corrected chi connectivity index (χ3v) is 6.78. The molecule has 0 radical (unpaired) electrons. The number of ether oxygens (including phenoxy) is 1. The summed E-state index contributed by atoms with van der Waals surface area (Å²) < 4.78 is 22.4. The van der Waals surface area contributed by atoms with Crippen LogP contribution in [0.4, 0.5) is 10.1 Å². The first-order valence-electron chi connectivity index (χ1n) is 11.9. The number of fused-ring (bicyclic) bond motifs is 1. The second-order valence-electron chi connectivity index (χ2n) is 10.2. The maximum Gasteiger partial charge on any atom is 0.320 e. The number of carbonyl (C=O) groups excluding carboxylic acids is 3. The molecular formula is C25H32FN5O4. The molecule has 1 amide bonds. The molecule has 1 fully saturated rings. The van der Waals surface area contributed by atoms with E-state index in [1.807, 2.05) is 13.8 Å². The van der Waals surface area contributed by atoms with Gasteiger partial charge in [0.2, 0.25) is 0 Å². The fourth-order valence-electron chi connectivity index (χ4n) is 5.25. The molecule has 0 saturated heterocycles. The quantitative estimate of drug-likeness (QED) is 0.534. The van der Waals surface area contributed by atoms with Gasteiger partial charge >= 0.3 is 5.97 Å². The van der Waals surface area contributed by atoms with Crippen molar-refractivity contribution in [2.45, 2.75) is 71.4 Å². The molecule has 2 aliphatic rings. The van der Waals surface area contributed by atoms with Gasteiger partial charge in [-0.15, -0.1) is 0 Å². The van der Waals surface area contributed by atoms with E-state index < -0.39 is 23.8 Å². The van der Waals surface area contributed by atoms with E-state index in [-0.39, 0.29) is 35.0 Å². The molecule has 0 unspecified atom stereocenters. The Balaban J connectivity index is 1.77. The van der Waals surface area contributed by atoms with Crippen LogP contribution in [-0.2, 0) is 16.0 Å². The van der Waals surface area contributed by atoms with Crippen LogP contribution >= 0.6 is 0 Å². The first-order chi connectivity index (χ1) is 16.5. The summed E-state index contributed by atoms with van der Waals surface area (Å²) in [6.45, 7) is 5.54. The van der Waals surface area contributed by atoms with Crippen LogP contribution in [0.1, 0.15) is 78.1 Å². The third kappa shape index (κ3) is 4.93. The number of Topliss-reactive ketones (excluding diaryl/α,β-unsaturated/α-hetero) is 1. The first kappa shape index (κ1) is 24.8. The second kappa shape index (κ2) is 9.41. The Labute approximate surface area is 203 Å². The maximum atomic E-state index is 15.3. The molecule has 2 atom stereocenters. The minimum Gasteiger partial charge on any atom is -0.459 e. The highest BCUT2D eigenvalue weighted by Crippen LogP contribution is 2.38. The van der Waals surface area contributed by atoms with Gasteiger partial charge in [-0.1, -0.05) is 20.3 Å². The number of primary amides is 1. The van der Waals surface area contributed by atoms with Crippen molar-refractivity contribution in [1.82, 2.24) is 9.78 Å². The van der Waals surface area contributed by atoms with Gasteiger partial charge in [0.15, 0.2) is 5.78 Å². The van der Waals surface area contributed by atoms with Crippen LogP contribution in [0.15, 0.2) is 12.1 Å². The summed E-state index contributed by atoms with van der Waals surface area (Å²) in [7, 11) is 0. The van der Waals surface area contributed by atoms with E-state index in [2.05, 4.69) is 10.4 Å². The number of esters is 1. The van der Waals surface area contributed by atoms with Crippen LogP contribution < -0.4 is 16.8 Å². The van der Waals surface area contributed by atoms with E-state index in [1.54, 1.807) is 17.7 Å². The zero-order valence-corrected chi connectivity index (χ0v) is 20.3. The Morgan fingerprint density at radius 1 is 1.26 bits per heavy atom. The zero-order chi connectivity index (χ0) is 25.5. The number of ketones is 1. The Bertz CT molecular complexity index is 1190. The molecule has 1 heterocycles. The zero-order valence-electron chi connectivity index (χ0n) is 20.3. The van der Waals surface area contributed by atoms with Crippen LogP contribution in [-0.4, -0.2) is 46.1 Å². The van der Waals surface area contributed by atoms with E-state index in [9.17, 15) is 14.4 Å². The standard InChI is InChI=1S/C25H32FN5O4/c1-13-22-18(10-25(2,3)11-19(22)32)31(30-13)14-8-15(26)23(24(28)34)17(9-14)29-16-6-4-5-7-20(16)35-21(33)12-27/h8-9,16,20,29H,4-7,10-12,27H2,1-3H3,(H2,28,34)/t16-,20-/m0/s1. The summed E-state index contributed by atoms with van der Waals surface area (Å²) in [5, 5.41) is 7.76. The van der Waals surface area contributed by atoms with Crippen LogP contribution in [0.25, 0.3) is 5.69 Å². The van der Waals surface area contributed by atoms with Crippen molar-refractivity contribution in [2.24, 2.45) is 16.9 Å². The molecule has 188 valence electrons. The Morgan fingerprint density at radius 3 is 2.66 bits per heavy atom. The predicted octanol–water partition coefficient (Wildman–Crippen LogP) is 2.80. The molecule has 10 heteroatoms. The number of hydrogen-bond donors (Lipinski definition) is 3. The SMILES string of the molecule is Cc1nn(-c2cc(F)c(C(N)=O)c(N[C@H]3CCCC[C@@H]3OC(=O)CN)c2)c2c1C(=O)CC(C)(C)C2.